The maximum Gasteiger partial charge on any atom is 0.218 e. The van der Waals surface area contributed by atoms with Gasteiger partial charge in [0.25, 0.3) is 0 Å². The lowest BCUT2D eigenvalue weighted by Crippen LogP contribution is -2.44. The quantitative estimate of drug-likeness (QED) is 0.465. The highest BCUT2D eigenvalue weighted by atomic mass is 16.5. The van der Waals surface area contributed by atoms with Crippen LogP contribution in [0, 0.1) is 6.92 Å². The van der Waals surface area contributed by atoms with Crippen LogP contribution in [0.5, 0.6) is 5.88 Å². The van der Waals surface area contributed by atoms with Gasteiger partial charge in [0.15, 0.2) is 5.96 Å². The Labute approximate surface area is 172 Å². The van der Waals surface area contributed by atoms with E-state index < -0.39 is 5.60 Å². The number of rotatable bonds is 8. The minimum absolute atomic E-state index is 0.255. The fraction of sp³-hybridized carbons (Fsp3) is 0.545. The third-order valence-electron chi connectivity index (χ3n) is 5.05. The summed E-state index contributed by atoms with van der Waals surface area (Å²) >= 11 is 0. The van der Waals surface area contributed by atoms with Crippen molar-refractivity contribution >= 4 is 5.96 Å². The minimum atomic E-state index is -1.14. The summed E-state index contributed by atoms with van der Waals surface area (Å²) in [5, 5.41) is 17.1. The van der Waals surface area contributed by atoms with Crippen molar-refractivity contribution in [2.75, 3.05) is 13.1 Å². The smallest absolute Gasteiger partial charge is 0.218 e. The Morgan fingerprint density at radius 1 is 1.31 bits per heavy atom. The van der Waals surface area contributed by atoms with Crippen LogP contribution in [0.3, 0.4) is 0 Å². The molecule has 0 aliphatic heterocycles. The van der Waals surface area contributed by atoms with Crippen LogP contribution in [0.15, 0.2) is 39.9 Å². The summed E-state index contributed by atoms with van der Waals surface area (Å²) in [5.74, 6) is 2.58. The van der Waals surface area contributed by atoms with Crippen molar-refractivity contribution < 1.29 is 14.3 Å². The summed E-state index contributed by atoms with van der Waals surface area (Å²) in [4.78, 5) is 9.06. The van der Waals surface area contributed by atoms with E-state index >= 15 is 0 Å². The van der Waals surface area contributed by atoms with Crippen LogP contribution in [0.2, 0.25) is 0 Å². The fourth-order valence-corrected chi connectivity index (χ4v) is 3.39. The lowest BCUT2D eigenvalue weighted by Gasteiger charge is -2.23. The second-order valence-electron chi connectivity index (χ2n) is 7.72. The van der Waals surface area contributed by atoms with E-state index in [4.69, 9.17) is 9.15 Å². The first-order valence-corrected chi connectivity index (χ1v) is 10.4. The first-order chi connectivity index (χ1) is 14.0. The van der Waals surface area contributed by atoms with Crippen molar-refractivity contribution in [2.24, 2.45) is 4.99 Å². The highest BCUT2D eigenvalue weighted by Crippen LogP contribution is 2.25. The van der Waals surface area contributed by atoms with Gasteiger partial charge in [0, 0.05) is 18.3 Å². The van der Waals surface area contributed by atoms with Crippen LogP contribution in [0.4, 0.5) is 0 Å². The molecule has 29 heavy (non-hydrogen) atoms. The van der Waals surface area contributed by atoms with E-state index in [-0.39, 0.29) is 12.6 Å². The molecule has 0 saturated heterocycles. The van der Waals surface area contributed by atoms with Crippen molar-refractivity contribution in [2.45, 2.75) is 64.7 Å². The van der Waals surface area contributed by atoms with Crippen LogP contribution in [0.25, 0.3) is 0 Å². The van der Waals surface area contributed by atoms with Crippen molar-refractivity contribution in [3.63, 3.8) is 0 Å². The SMILES string of the molecule is CCNC(=NCc1cccnc1OC1CCCC1)NCC(C)(O)c1ccc(C)o1. The molecule has 1 aliphatic rings. The number of pyridine rings is 1. The number of ether oxygens (including phenoxy) is 1. The zero-order chi connectivity index (χ0) is 20.7. The van der Waals surface area contributed by atoms with Crippen molar-refractivity contribution in [3.8, 4) is 5.88 Å². The van der Waals surface area contributed by atoms with Gasteiger partial charge in [-0.3, -0.25) is 0 Å². The molecule has 7 heteroatoms. The summed E-state index contributed by atoms with van der Waals surface area (Å²) in [6.07, 6.45) is 6.62. The highest BCUT2D eigenvalue weighted by molar-refractivity contribution is 5.79. The predicted octanol–water partition coefficient (Wildman–Crippen LogP) is 3.27. The van der Waals surface area contributed by atoms with Gasteiger partial charge in [-0.1, -0.05) is 6.07 Å². The maximum absolute atomic E-state index is 10.7. The van der Waals surface area contributed by atoms with Gasteiger partial charge in [0.2, 0.25) is 5.88 Å². The van der Waals surface area contributed by atoms with Crippen molar-refractivity contribution in [1.82, 2.24) is 15.6 Å². The second kappa shape index (κ2) is 9.78. The van der Waals surface area contributed by atoms with E-state index in [0.717, 1.165) is 24.2 Å². The monoisotopic (exact) mass is 400 g/mol. The van der Waals surface area contributed by atoms with Gasteiger partial charge in [-0.15, -0.1) is 0 Å². The summed E-state index contributed by atoms with van der Waals surface area (Å²) in [5.41, 5.74) is -0.194. The molecular formula is C22H32N4O3. The zero-order valence-electron chi connectivity index (χ0n) is 17.6. The first-order valence-electron chi connectivity index (χ1n) is 10.4. The van der Waals surface area contributed by atoms with E-state index in [1.807, 2.05) is 32.0 Å². The van der Waals surface area contributed by atoms with Crippen LogP contribution in [0.1, 0.15) is 56.6 Å². The fourth-order valence-electron chi connectivity index (χ4n) is 3.39. The van der Waals surface area contributed by atoms with Crippen LogP contribution < -0.4 is 15.4 Å². The molecule has 0 bridgehead atoms. The highest BCUT2D eigenvalue weighted by Gasteiger charge is 2.27. The topological polar surface area (TPSA) is 91.9 Å². The molecular weight excluding hydrogens is 368 g/mol. The number of aliphatic imine (C=N–C) groups is 1. The van der Waals surface area contributed by atoms with Crippen LogP contribution >= 0.6 is 0 Å². The van der Waals surface area contributed by atoms with Gasteiger partial charge in [-0.25, -0.2) is 9.98 Å². The maximum atomic E-state index is 10.7. The molecule has 3 N–H and O–H groups in total. The normalized spacial score (nSPS) is 17.2. The lowest BCUT2D eigenvalue weighted by atomic mass is 10.0. The molecule has 1 saturated carbocycles. The third-order valence-corrected chi connectivity index (χ3v) is 5.05. The predicted molar refractivity (Wildman–Crippen MR) is 113 cm³/mol. The summed E-state index contributed by atoms with van der Waals surface area (Å²) in [6.45, 7) is 7.00. The molecule has 0 spiro atoms. The van der Waals surface area contributed by atoms with Crippen LogP contribution in [-0.4, -0.2) is 35.2 Å². The van der Waals surface area contributed by atoms with Gasteiger partial charge >= 0.3 is 0 Å². The lowest BCUT2D eigenvalue weighted by molar-refractivity contribution is 0.0378. The number of furan rings is 1. The Kier molecular flexibility index (Phi) is 7.14. The minimum Gasteiger partial charge on any atom is -0.474 e. The Morgan fingerprint density at radius 2 is 2.10 bits per heavy atom. The Bertz CT molecular complexity index is 810. The average Bonchev–Trinajstić information content (AvgIpc) is 3.37. The number of nitrogens with zero attached hydrogens (tertiary/aromatic N) is 2. The van der Waals surface area contributed by atoms with Gasteiger partial charge in [0.05, 0.1) is 13.1 Å². The molecule has 0 aromatic carbocycles. The molecule has 2 aromatic rings. The Morgan fingerprint density at radius 3 is 2.79 bits per heavy atom. The molecule has 1 fully saturated rings. The van der Waals surface area contributed by atoms with E-state index in [2.05, 4.69) is 20.6 Å². The van der Waals surface area contributed by atoms with Gasteiger partial charge in [0.1, 0.15) is 23.2 Å². The number of aromatic nitrogens is 1. The molecule has 3 rings (SSSR count). The van der Waals surface area contributed by atoms with Gasteiger partial charge in [-0.05, 0) is 64.7 Å². The standard InChI is InChI=1S/C22H32N4O3/c1-4-23-21(26-15-22(3,27)19-12-11-16(2)28-19)25-14-17-8-7-13-24-20(17)29-18-9-5-6-10-18/h7-8,11-13,18,27H,4-6,9-10,14-15H2,1-3H3,(H2,23,25,26). The number of nitrogens with one attached hydrogen (secondary N) is 2. The van der Waals surface area contributed by atoms with E-state index in [0.29, 0.717) is 30.7 Å². The molecule has 158 valence electrons. The van der Waals surface area contributed by atoms with Gasteiger partial charge in [-0.2, -0.15) is 0 Å². The molecule has 0 amide bonds. The summed E-state index contributed by atoms with van der Waals surface area (Å²) < 4.78 is 11.7. The number of aliphatic hydroxyl groups is 1. The molecule has 1 atom stereocenters. The average molecular weight is 401 g/mol. The van der Waals surface area contributed by atoms with Crippen molar-refractivity contribution in [1.29, 1.82) is 0 Å². The first kappa shape index (κ1) is 21.2. The summed E-state index contributed by atoms with van der Waals surface area (Å²) in [7, 11) is 0. The molecule has 2 aromatic heterocycles. The number of aryl methyl sites for hydroxylation is 1. The van der Waals surface area contributed by atoms with E-state index in [1.54, 1.807) is 19.2 Å². The third kappa shape index (κ3) is 5.97. The number of hydrogen-bond acceptors (Lipinski definition) is 5. The van der Waals surface area contributed by atoms with Gasteiger partial charge < -0.3 is 24.9 Å². The molecule has 7 nitrogen and oxygen atoms in total. The van der Waals surface area contributed by atoms with E-state index in [9.17, 15) is 5.11 Å². The number of guanidine groups is 1. The second-order valence-corrected chi connectivity index (χ2v) is 7.72. The van der Waals surface area contributed by atoms with Crippen LogP contribution in [-0.2, 0) is 12.1 Å². The zero-order valence-corrected chi connectivity index (χ0v) is 17.6. The largest absolute Gasteiger partial charge is 0.474 e. The molecule has 0 radical (unpaired) electrons. The Hall–Kier alpha value is -2.54. The Balaban J connectivity index is 1.64. The number of hydrogen-bond donors (Lipinski definition) is 3. The molecule has 1 unspecified atom stereocenters. The molecule has 1 aliphatic carbocycles. The molecule has 2 heterocycles. The van der Waals surface area contributed by atoms with Crippen molar-refractivity contribution in [3.05, 3.63) is 47.5 Å². The summed E-state index contributed by atoms with van der Waals surface area (Å²) in [6, 6.07) is 7.53. The van der Waals surface area contributed by atoms with E-state index in [1.165, 1.54) is 12.8 Å².